The highest BCUT2D eigenvalue weighted by Crippen LogP contribution is 2.24. The van der Waals surface area contributed by atoms with Crippen molar-refractivity contribution in [1.82, 2.24) is 0 Å². The largest absolute Gasteiger partial charge is 0.460 e. The fraction of sp³-hybridized carbons (Fsp3) is 0.333. The lowest BCUT2D eigenvalue weighted by atomic mass is 10.2. The molecule has 80 valence electrons. The van der Waals surface area contributed by atoms with Crippen molar-refractivity contribution in [2.75, 3.05) is 0 Å². The van der Waals surface area contributed by atoms with E-state index in [1.807, 2.05) is 17.8 Å². The summed E-state index contributed by atoms with van der Waals surface area (Å²) in [5.41, 5.74) is 0.634. The van der Waals surface area contributed by atoms with Crippen LogP contribution in [0.5, 0.6) is 0 Å². The summed E-state index contributed by atoms with van der Waals surface area (Å²) < 4.78 is 18.4. The van der Waals surface area contributed by atoms with Gasteiger partial charge in [0.05, 0.1) is 5.75 Å². The van der Waals surface area contributed by atoms with Gasteiger partial charge >= 0.3 is 0 Å². The van der Waals surface area contributed by atoms with Crippen LogP contribution in [0, 0.1) is 5.82 Å². The molecule has 0 saturated carbocycles. The monoisotopic (exact) mass is 224 g/mol. The van der Waals surface area contributed by atoms with Crippen LogP contribution in [0.2, 0.25) is 0 Å². The van der Waals surface area contributed by atoms with Crippen molar-refractivity contribution in [3.05, 3.63) is 35.8 Å². The lowest BCUT2D eigenvalue weighted by Crippen LogP contribution is -1.86. The maximum absolute atomic E-state index is 12.9. The Labute approximate surface area is 92.7 Å². The van der Waals surface area contributed by atoms with Gasteiger partial charge in [-0.25, -0.2) is 4.39 Å². The van der Waals surface area contributed by atoms with Crippen LogP contribution in [0.4, 0.5) is 4.39 Å². The maximum atomic E-state index is 12.9. The van der Waals surface area contributed by atoms with Gasteiger partial charge < -0.3 is 4.42 Å². The molecule has 15 heavy (non-hydrogen) atoms. The van der Waals surface area contributed by atoms with Crippen LogP contribution in [-0.4, -0.2) is 5.25 Å². The van der Waals surface area contributed by atoms with E-state index in [0.29, 0.717) is 10.8 Å². The van der Waals surface area contributed by atoms with Crippen LogP contribution in [-0.2, 0) is 5.75 Å². The summed E-state index contributed by atoms with van der Waals surface area (Å²) in [6.07, 6.45) is 0. The van der Waals surface area contributed by atoms with Crippen molar-refractivity contribution >= 4 is 22.7 Å². The first-order valence-corrected chi connectivity index (χ1v) is 5.99. The van der Waals surface area contributed by atoms with E-state index in [4.69, 9.17) is 4.42 Å². The van der Waals surface area contributed by atoms with Gasteiger partial charge in [-0.05, 0) is 23.4 Å². The second-order valence-electron chi connectivity index (χ2n) is 3.75. The average Bonchev–Trinajstić information content (AvgIpc) is 2.56. The molecule has 0 aliphatic heterocycles. The summed E-state index contributed by atoms with van der Waals surface area (Å²) in [6.45, 7) is 4.29. The minimum atomic E-state index is -0.250. The summed E-state index contributed by atoms with van der Waals surface area (Å²) >= 11 is 1.82. The molecule has 1 aromatic carbocycles. The van der Waals surface area contributed by atoms with E-state index in [1.54, 1.807) is 6.07 Å². The van der Waals surface area contributed by atoms with Crippen molar-refractivity contribution in [3.63, 3.8) is 0 Å². The quantitative estimate of drug-likeness (QED) is 0.774. The summed E-state index contributed by atoms with van der Waals surface area (Å²) in [5, 5.41) is 1.55. The SMILES string of the molecule is CC(C)SCc1cc2ccc(F)cc2o1. The van der Waals surface area contributed by atoms with Crippen molar-refractivity contribution < 1.29 is 8.81 Å². The fourth-order valence-electron chi connectivity index (χ4n) is 1.38. The second-order valence-corrected chi connectivity index (χ2v) is 5.32. The summed E-state index contributed by atoms with van der Waals surface area (Å²) in [4.78, 5) is 0. The topological polar surface area (TPSA) is 13.1 Å². The third-order valence-corrected chi connectivity index (χ3v) is 3.21. The third kappa shape index (κ3) is 2.53. The molecule has 1 heterocycles. The molecule has 3 heteroatoms. The molecule has 1 nitrogen and oxygen atoms in total. The zero-order valence-corrected chi connectivity index (χ0v) is 9.60. The van der Waals surface area contributed by atoms with Gasteiger partial charge in [-0.2, -0.15) is 11.8 Å². The van der Waals surface area contributed by atoms with Crippen LogP contribution < -0.4 is 0 Å². The zero-order valence-electron chi connectivity index (χ0n) is 8.79. The van der Waals surface area contributed by atoms with Crippen molar-refractivity contribution in [2.45, 2.75) is 24.9 Å². The smallest absolute Gasteiger partial charge is 0.137 e. The van der Waals surface area contributed by atoms with Crippen molar-refractivity contribution in [2.24, 2.45) is 0 Å². The van der Waals surface area contributed by atoms with Gasteiger partial charge in [0.25, 0.3) is 0 Å². The molecule has 0 bridgehead atoms. The lowest BCUT2D eigenvalue weighted by molar-refractivity contribution is 0.567. The molecule has 0 fully saturated rings. The number of benzene rings is 1. The standard InChI is InChI=1S/C12H13FOS/c1-8(2)15-7-11-5-9-3-4-10(13)6-12(9)14-11/h3-6,8H,7H2,1-2H3. The Balaban J connectivity index is 2.23. The number of thioether (sulfide) groups is 1. The van der Waals surface area contributed by atoms with E-state index in [-0.39, 0.29) is 5.82 Å². The van der Waals surface area contributed by atoms with Gasteiger partial charge in [0.15, 0.2) is 0 Å². The van der Waals surface area contributed by atoms with Crippen LogP contribution in [0.25, 0.3) is 11.0 Å². The molecular weight excluding hydrogens is 211 g/mol. The first-order chi connectivity index (χ1) is 7.15. The number of hydrogen-bond acceptors (Lipinski definition) is 2. The molecule has 0 aliphatic carbocycles. The van der Waals surface area contributed by atoms with Gasteiger partial charge in [-0.15, -0.1) is 0 Å². The third-order valence-electron chi connectivity index (χ3n) is 2.09. The highest BCUT2D eigenvalue weighted by molar-refractivity contribution is 7.99. The van der Waals surface area contributed by atoms with E-state index in [2.05, 4.69) is 13.8 Å². The zero-order chi connectivity index (χ0) is 10.8. The normalized spacial score (nSPS) is 11.5. The average molecular weight is 224 g/mol. The fourth-order valence-corrected chi connectivity index (χ4v) is 2.02. The minimum Gasteiger partial charge on any atom is -0.460 e. The summed E-state index contributed by atoms with van der Waals surface area (Å²) in [5.74, 6) is 1.50. The molecule has 0 spiro atoms. The summed E-state index contributed by atoms with van der Waals surface area (Å²) in [7, 11) is 0. The van der Waals surface area contributed by atoms with E-state index in [9.17, 15) is 4.39 Å². The number of furan rings is 1. The Morgan fingerprint density at radius 3 is 2.87 bits per heavy atom. The molecule has 0 amide bonds. The minimum absolute atomic E-state index is 0.250. The van der Waals surface area contributed by atoms with E-state index >= 15 is 0 Å². The van der Waals surface area contributed by atoms with Crippen molar-refractivity contribution in [3.8, 4) is 0 Å². The number of rotatable bonds is 3. The molecule has 0 atom stereocenters. The number of hydrogen-bond donors (Lipinski definition) is 0. The molecular formula is C12H13FOS. The molecule has 2 rings (SSSR count). The lowest BCUT2D eigenvalue weighted by Gasteiger charge is -2.00. The van der Waals surface area contributed by atoms with Gasteiger partial charge in [-0.1, -0.05) is 13.8 Å². The highest BCUT2D eigenvalue weighted by Gasteiger charge is 2.05. The van der Waals surface area contributed by atoms with E-state index in [1.165, 1.54) is 12.1 Å². The van der Waals surface area contributed by atoms with Crippen LogP contribution >= 0.6 is 11.8 Å². The van der Waals surface area contributed by atoms with E-state index < -0.39 is 0 Å². The molecule has 2 aromatic rings. The Morgan fingerprint density at radius 2 is 2.13 bits per heavy atom. The molecule has 0 radical (unpaired) electrons. The van der Waals surface area contributed by atoms with Crippen LogP contribution in [0.15, 0.2) is 28.7 Å². The van der Waals surface area contributed by atoms with Crippen molar-refractivity contribution in [1.29, 1.82) is 0 Å². The predicted molar refractivity (Wildman–Crippen MR) is 62.6 cm³/mol. The Bertz CT molecular complexity index is 462. The molecule has 0 N–H and O–H groups in total. The first-order valence-electron chi connectivity index (χ1n) is 4.95. The van der Waals surface area contributed by atoms with Gasteiger partial charge in [0.2, 0.25) is 0 Å². The van der Waals surface area contributed by atoms with Crippen LogP contribution in [0.3, 0.4) is 0 Å². The molecule has 1 aromatic heterocycles. The Kier molecular flexibility index (Phi) is 3.00. The molecule has 0 aliphatic rings. The second kappa shape index (κ2) is 4.27. The van der Waals surface area contributed by atoms with Gasteiger partial charge in [0, 0.05) is 11.5 Å². The number of halogens is 1. The maximum Gasteiger partial charge on any atom is 0.137 e. The Hall–Kier alpha value is -0.960. The number of fused-ring (bicyclic) bond motifs is 1. The first kappa shape index (κ1) is 10.6. The molecule has 0 saturated heterocycles. The summed E-state index contributed by atoms with van der Waals surface area (Å²) in [6, 6.07) is 6.61. The Morgan fingerprint density at radius 1 is 1.33 bits per heavy atom. The molecule has 0 unspecified atom stereocenters. The van der Waals surface area contributed by atoms with Gasteiger partial charge in [0.1, 0.15) is 17.2 Å². The van der Waals surface area contributed by atoms with Gasteiger partial charge in [-0.3, -0.25) is 0 Å². The van der Waals surface area contributed by atoms with E-state index in [0.717, 1.165) is 16.9 Å². The highest BCUT2D eigenvalue weighted by atomic mass is 32.2. The van der Waals surface area contributed by atoms with Crippen LogP contribution in [0.1, 0.15) is 19.6 Å². The predicted octanol–water partition coefficient (Wildman–Crippen LogP) is 4.21.